The maximum Gasteiger partial charge on any atom is 0.350 e. The van der Waals surface area contributed by atoms with Crippen molar-refractivity contribution in [2.24, 2.45) is 7.05 Å². The summed E-state index contributed by atoms with van der Waals surface area (Å²) in [7, 11) is 3.30. The molecule has 28 heavy (non-hydrogen) atoms. The second-order valence-corrected chi connectivity index (χ2v) is 6.87. The first-order valence-corrected chi connectivity index (χ1v) is 9.39. The first-order chi connectivity index (χ1) is 13.4. The molecule has 0 saturated heterocycles. The topological polar surface area (TPSA) is 95.3 Å². The molecule has 146 valence electrons. The molecule has 8 nitrogen and oxygen atoms in total. The number of aryl methyl sites for hydroxylation is 2. The van der Waals surface area contributed by atoms with Gasteiger partial charge >= 0.3 is 5.97 Å². The highest BCUT2D eigenvalue weighted by Gasteiger charge is 2.20. The molecule has 0 saturated carbocycles. The van der Waals surface area contributed by atoms with Gasteiger partial charge in [-0.05, 0) is 44.2 Å². The van der Waals surface area contributed by atoms with Crippen molar-refractivity contribution in [3.8, 4) is 17.0 Å². The molecule has 0 unspecified atom stereocenters. The third-order valence-electron chi connectivity index (χ3n) is 3.98. The molecule has 0 aliphatic carbocycles. The molecule has 0 atom stereocenters. The van der Waals surface area contributed by atoms with E-state index in [2.05, 4.69) is 15.4 Å². The van der Waals surface area contributed by atoms with Crippen molar-refractivity contribution in [3.63, 3.8) is 0 Å². The minimum Gasteiger partial charge on any atom is -0.497 e. The molecule has 0 radical (unpaired) electrons. The summed E-state index contributed by atoms with van der Waals surface area (Å²) < 4.78 is 11.7. The maximum absolute atomic E-state index is 12.7. The molecule has 0 aliphatic rings. The highest BCUT2D eigenvalue weighted by atomic mass is 32.1. The standard InChI is InChI=1S/C19H20N4O4S/c1-5-27-18(25)16-11(2)20-19(28-16)21-17(24)15-10-14(22-23(15)3)12-6-8-13(26-4)9-7-12/h6-10H,5H2,1-4H3,(H,20,21,24). The van der Waals surface area contributed by atoms with E-state index in [1.807, 2.05) is 24.3 Å². The number of thiazole rings is 1. The van der Waals surface area contributed by atoms with Gasteiger partial charge in [-0.2, -0.15) is 5.10 Å². The Bertz CT molecular complexity index is 1010. The van der Waals surface area contributed by atoms with Crippen molar-refractivity contribution < 1.29 is 19.1 Å². The third-order valence-corrected chi connectivity index (χ3v) is 5.03. The molecule has 2 aromatic heterocycles. The SMILES string of the molecule is CCOC(=O)c1sc(NC(=O)c2cc(-c3ccc(OC)cc3)nn2C)nc1C. The smallest absolute Gasteiger partial charge is 0.350 e. The van der Waals surface area contributed by atoms with Gasteiger partial charge in [-0.15, -0.1) is 0 Å². The Hall–Kier alpha value is -3.20. The molecule has 0 spiro atoms. The molecule has 0 fully saturated rings. The number of hydrogen-bond acceptors (Lipinski definition) is 7. The average molecular weight is 400 g/mol. The van der Waals surface area contributed by atoms with Gasteiger partial charge in [-0.25, -0.2) is 9.78 Å². The molecule has 0 aliphatic heterocycles. The van der Waals surface area contributed by atoms with Crippen LogP contribution in [0.1, 0.15) is 32.8 Å². The van der Waals surface area contributed by atoms with Crippen LogP contribution in [-0.4, -0.2) is 40.4 Å². The number of benzene rings is 1. The van der Waals surface area contributed by atoms with Gasteiger partial charge < -0.3 is 9.47 Å². The number of esters is 1. The van der Waals surface area contributed by atoms with E-state index in [4.69, 9.17) is 9.47 Å². The molecular weight excluding hydrogens is 380 g/mol. The lowest BCUT2D eigenvalue weighted by atomic mass is 10.1. The molecule has 1 N–H and O–H groups in total. The molecule has 9 heteroatoms. The van der Waals surface area contributed by atoms with E-state index in [0.29, 0.717) is 27.1 Å². The Balaban J connectivity index is 1.79. The van der Waals surface area contributed by atoms with Crippen LogP contribution in [0.4, 0.5) is 5.13 Å². The van der Waals surface area contributed by atoms with Crippen molar-refractivity contribution in [1.82, 2.24) is 14.8 Å². The predicted octanol–water partition coefficient (Wildman–Crippen LogP) is 3.29. The number of carbonyl (C=O) groups is 2. The normalized spacial score (nSPS) is 10.6. The number of ether oxygens (including phenoxy) is 2. The van der Waals surface area contributed by atoms with Gasteiger partial charge in [-0.1, -0.05) is 11.3 Å². The summed E-state index contributed by atoms with van der Waals surface area (Å²) in [6, 6.07) is 9.11. The maximum atomic E-state index is 12.7. The van der Waals surface area contributed by atoms with Crippen LogP contribution in [0.15, 0.2) is 30.3 Å². The van der Waals surface area contributed by atoms with Crippen LogP contribution in [0.3, 0.4) is 0 Å². The van der Waals surface area contributed by atoms with Crippen molar-refractivity contribution in [2.45, 2.75) is 13.8 Å². The number of anilines is 1. The zero-order valence-corrected chi connectivity index (χ0v) is 16.8. The molecule has 3 aromatic rings. The van der Waals surface area contributed by atoms with E-state index in [-0.39, 0.29) is 12.5 Å². The first kappa shape index (κ1) is 19.6. The number of methoxy groups -OCH3 is 1. The van der Waals surface area contributed by atoms with Gasteiger partial charge in [0, 0.05) is 12.6 Å². The second-order valence-electron chi connectivity index (χ2n) is 5.88. The summed E-state index contributed by atoms with van der Waals surface area (Å²) in [5.74, 6) is -0.0616. The van der Waals surface area contributed by atoms with Crippen molar-refractivity contribution >= 4 is 28.3 Å². The fourth-order valence-electron chi connectivity index (χ4n) is 2.58. The van der Waals surface area contributed by atoms with Crippen LogP contribution in [0.25, 0.3) is 11.3 Å². The number of rotatable bonds is 6. The Labute approximate surface area is 166 Å². The summed E-state index contributed by atoms with van der Waals surface area (Å²) in [6.45, 7) is 3.71. The number of nitrogens with zero attached hydrogens (tertiary/aromatic N) is 3. The van der Waals surface area contributed by atoms with Crippen LogP contribution in [0, 0.1) is 6.92 Å². The lowest BCUT2D eigenvalue weighted by Crippen LogP contribution is -2.15. The Kier molecular flexibility index (Phi) is 5.74. The number of carbonyl (C=O) groups excluding carboxylic acids is 2. The van der Waals surface area contributed by atoms with Gasteiger partial charge in [0.15, 0.2) is 5.13 Å². The van der Waals surface area contributed by atoms with E-state index in [0.717, 1.165) is 22.6 Å². The molecule has 3 rings (SSSR count). The highest BCUT2D eigenvalue weighted by Crippen LogP contribution is 2.25. The molecule has 1 amide bonds. The zero-order chi connectivity index (χ0) is 20.3. The minimum absolute atomic E-state index is 0.279. The van der Waals surface area contributed by atoms with E-state index in [1.165, 1.54) is 4.68 Å². The first-order valence-electron chi connectivity index (χ1n) is 8.57. The Morgan fingerprint density at radius 1 is 1.25 bits per heavy atom. The summed E-state index contributed by atoms with van der Waals surface area (Å²) >= 11 is 1.08. The van der Waals surface area contributed by atoms with Crippen LogP contribution in [-0.2, 0) is 11.8 Å². The van der Waals surface area contributed by atoms with E-state index >= 15 is 0 Å². The van der Waals surface area contributed by atoms with Crippen molar-refractivity contribution in [2.75, 3.05) is 19.0 Å². The highest BCUT2D eigenvalue weighted by molar-refractivity contribution is 7.17. The number of nitrogens with one attached hydrogen (secondary N) is 1. The van der Waals surface area contributed by atoms with Gasteiger partial charge in [0.1, 0.15) is 16.3 Å². The predicted molar refractivity (Wildman–Crippen MR) is 106 cm³/mol. The third kappa shape index (κ3) is 4.04. The fourth-order valence-corrected chi connectivity index (χ4v) is 3.43. The Morgan fingerprint density at radius 2 is 1.96 bits per heavy atom. The van der Waals surface area contributed by atoms with E-state index in [1.54, 1.807) is 34.1 Å². The summed E-state index contributed by atoms with van der Waals surface area (Å²) in [5.41, 5.74) is 2.42. The zero-order valence-electron chi connectivity index (χ0n) is 16.0. The summed E-state index contributed by atoms with van der Waals surface area (Å²) in [6.07, 6.45) is 0. The van der Waals surface area contributed by atoms with Crippen molar-refractivity contribution in [1.29, 1.82) is 0 Å². The number of amides is 1. The number of aromatic nitrogens is 3. The summed E-state index contributed by atoms with van der Waals surface area (Å²) in [5, 5.41) is 7.45. The Morgan fingerprint density at radius 3 is 2.61 bits per heavy atom. The van der Waals surface area contributed by atoms with E-state index < -0.39 is 5.97 Å². The number of hydrogen-bond donors (Lipinski definition) is 1. The van der Waals surface area contributed by atoms with Gasteiger partial charge in [0.05, 0.1) is 25.1 Å². The monoisotopic (exact) mass is 400 g/mol. The lowest BCUT2D eigenvalue weighted by Gasteiger charge is -2.01. The van der Waals surface area contributed by atoms with E-state index in [9.17, 15) is 9.59 Å². The molecule has 1 aromatic carbocycles. The average Bonchev–Trinajstić information content (AvgIpc) is 3.24. The van der Waals surface area contributed by atoms with Gasteiger partial charge in [-0.3, -0.25) is 14.8 Å². The van der Waals surface area contributed by atoms with Crippen LogP contribution in [0.5, 0.6) is 5.75 Å². The lowest BCUT2D eigenvalue weighted by molar-refractivity contribution is 0.0531. The van der Waals surface area contributed by atoms with Crippen LogP contribution >= 0.6 is 11.3 Å². The summed E-state index contributed by atoms with van der Waals surface area (Å²) in [4.78, 5) is 29.2. The van der Waals surface area contributed by atoms with Crippen LogP contribution in [0.2, 0.25) is 0 Å². The largest absolute Gasteiger partial charge is 0.497 e. The fraction of sp³-hybridized carbons (Fsp3) is 0.263. The quantitative estimate of drug-likeness (QED) is 0.638. The van der Waals surface area contributed by atoms with Gasteiger partial charge in [0.2, 0.25) is 0 Å². The van der Waals surface area contributed by atoms with Gasteiger partial charge in [0.25, 0.3) is 5.91 Å². The van der Waals surface area contributed by atoms with Crippen molar-refractivity contribution in [3.05, 3.63) is 46.6 Å². The molecular formula is C19H20N4O4S. The molecule has 2 heterocycles. The molecule has 0 bridgehead atoms. The second kappa shape index (κ2) is 8.22. The minimum atomic E-state index is -0.444. The van der Waals surface area contributed by atoms with Crippen LogP contribution < -0.4 is 10.1 Å².